The number of ether oxygens (including phenoxy) is 4. The highest BCUT2D eigenvalue weighted by molar-refractivity contribution is 6.30. The lowest BCUT2D eigenvalue weighted by Gasteiger charge is -2.41. The maximum atomic E-state index is 13.2. The van der Waals surface area contributed by atoms with E-state index in [2.05, 4.69) is 0 Å². The predicted molar refractivity (Wildman–Crippen MR) is 120 cm³/mol. The third-order valence-electron chi connectivity index (χ3n) is 5.91. The lowest BCUT2D eigenvalue weighted by Crippen LogP contribution is -2.60. The molecule has 1 fully saturated rings. The number of aliphatic hydroxyl groups excluding tert-OH is 1. The number of phenolic OH excluding ortho intramolecular Hbond substituents is 2. The molecule has 1 aliphatic heterocycles. The monoisotopic (exact) mass is 500 g/mol. The van der Waals surface area contributed by atoms with E-state index in [0.29, 0.717) is 5.56 Å². The number of aromatic hydroxyl groups is 2. The van der Waals surface area contributed by atoms with Crippen LogP contribution in [-0.4, -0.2) is 69.5 Å². The number of aliphatic hydroxyl groups is 1. The van der Waals surface area contributed by atoms with E-state index >= 15 is 0 Å². The summed E-state index contributed by atoms with van der Waals surface area (Å²) in [5.41, 5.74) is -0.151. The lowest BCUT2D eigenvalue weighted by atomic mass is 9.82. The number of ketones is 2. The van der Waals surface area contributed by atoms with Crippen LogP contribution < -0.4 is 4.74 Å². The van der Waals surface area contributed by atoms with Gasteiger partial charge in [-0.1, -0.05) is 0 Å². The molecule has 1 aliphatic carbocycles. The summed E-state index contributed by atoms with van der Waals surface area (Å²) in [6, 6.07) is 5.07. The topological polar surface area (TPSA) is 166 Å². The molecule has 0 amide bonds. The third-order valence-corrected chi connectivity index (χ3v) is 5.91. The van der Waals surface area contributed by atoms with E-state index in [1.54, 1.807) is 6.92 Å². The maximum Gasteiger partial charge on any atom is 0.303 e. The van der Waals surface area contributed by atoms with Crippen molar-refractivity contribution < 1.29 is 53.4 Å². The van der Waals surface area contributed by atoms with Crippen LogP contribution in [0.15, 0.2) is 24.3 Å². The minimum atomic E-state index is -1.51. The minimum Gasteiger partial charge on any atom is -0.507 e. The van der Waals surface area contributed by atoms with E-state index in [1.165, 1.54) is 25.1 Å². The Morgan fingerprint density at radius 2 is 1.42 bits per heavy atom. The van der Waals surface area contributed by atoms with Gasteiger partial charge in [0.15, 0.2) is 18.0 Å². The number of fused-ring (bicyclic) bond motifs is 2. The van der Waals surface area contributed by atoms with Gasteiger partial charge in [-0.15, -0.1) is 0 Å². The summed E-state index contributed by atoms with van der Waals surface area (Å²) in [5.74, 6) is -3.89. The molecule has 1 saturated heterocycles. The molecular formula is C25H24O11. The first-order chi connectivity index (χ1) is 16.9. The molecule has 11 heteroatoms. The molecule has 0 spiro atoms. The van der Waals surface area contributed by atoms with Crippen molar-refractivity contribution in [2.45, 2.75) is 58.4 Å². The molecule has 5 atom stereocenters. The van der Waals surface area contributed by atoms with Gasteiger partial charge >= 0.3 is 11.9 Å². The fraction of sp³-hybridized carbons (Fsp3) is 0.360. The molecule has 2 aliphatic rings. The lowest BCUT2D eigenvalue weighted by molar-refractivity contribution is -0.276. The van der Waals surface area contributed by atoms with Gasteiger partial charge in [-0.25, -0.2) is 0 Å². The average Bonchev–Trinajstić information content (AvgIpc) is 2.76. The molecule has 0 aromatic heterocycles. The van der Waals surface area contributed by atoms with Gasteiger partial charge in [0.25, 0.3) is 0 Å². The van der Waals surface area contributed by atoms with Crippen LogP contribution in [0.2, 0.25) is 0 Å². The van der Waals surface area contributed by atoms with Crippen LogP contribution in [-0.2, 0) is 23.8 Å². The van der Waals surface area contributed by atoms with Crippen molar-refractivity contribution in [2.24, 2.45) is 0 Å². The molecule has 2 aromatic carbocycles. The van der Waals surface area contributed by atoms with E-state index in [9.17, 15) is 34.5 Å². The van der Waals surface area contributed by atoms with Crippen molar-refractivity contribution >= 4 is 23.5 Å². The van der Waals surface area contributed by atoms with E-state index in [0.717, 1.165) is 19.9 Å². The van der Waals surface area contributed by atoms with E-state index in [4.69, 9.17) is 18.9 Å². The van der Waals surface area contributed by atoms with Crippen molar-refractivity contribution in [3.05, 3.63) is 52.1 Å². The zero-order valence-electron chi connectivity index (χ0n) is 19.8. The van der Waals surface area contributed by atoms with Crippen LogP contribution in [0.4, 0.5) is 0 Å². The van der Waals surface area contributed by atoms with Gasteiger partial charge in [0.2, 0.25) is 12.1 Å². The zero-order chi connectivity index (χ0) is 26.5. The first-order valence-electron chi connectivity index (χ1n) is 11.0. The number of carbonyl (C=O) groups is 4. The van der Waals surface area contributed by atoms with Crippen molar-refractivity contribution in [3.8, 4) is 17.2 Å². The molecule has 1 heterocycles. The summed E-state index contributed by atoms with van der Waals surface area (Å²) in [6.45, 7) is 5.41. The highest BCUT2D eigenvalue weighted by atomic mass is 16.7. The number of benzene rings is 2. The minimum absolute atomic E-state index is 0.0264. The van der Waals surface area contributed by atoms with Gasteiger partial charge in [0, 0.05) is 31.0 Å². The first-order valence-corrected chi connectivity index (χ1v) is 11.0. The maximum absolute atomic E-state index is 13.2. The van der Waals surface area contributed by atoms with E-state index in [1.807, 2.05) is 0 Å². The third kappa shape index (κ3) is 4.38. The Hall–Kier alpha value is -3.96. The standard InChI is InChI=1S/C25H24O11/c1-9-5-14-18(16(28)6-9)21(31)19-15(20(14)30)7-13(8-17(19)29)36-25-24(35-12(4)27)22(32)23(10(2)33-25)34-11(3)26/h5-8,10,22-25,28-29,32H,1-4H3/t10-,22+,23-,24+,25-/m0/s1. The number of hydrogen-bond donors (Lipinski definition) is 3. The molecule has 36 heavy (non-hydrogen) atoms. The van der Waals surface area contributed by atoms with Gasteiger partial charge < -0.3 is 34.3 Å². The molecule has 0 unspecified atom stereocenters. The molecule has 190 valence electrons. The Kier molecular flexibility index (Phi) is 6.46. The largest absolute Gasteiger partial charge is 0.507 e. The second-order valence-corrected chi connectivity index (χ2v) is 8.70. The summed E-state index contributed by atoms with van der Waals surface area (Å²) >= 11 is 0. The number of hydrogen-bond acceptors (Lipinski definition) is 11. The van der Waals surface area contributed by atoms with E-state index in [-0.39, 0.29) is 33.8 Å². The highest BCUT2D eigenvalue weighted by Gasteiger charge is 2.49. The Morgan fingerprint density at radius 3 is 2.03 bits per heavy atom. The highest BCUT2D eigenvalue weighted by Crippen LogP contribution is 2.40. The predicted octanol–water partition coefficient (Wildman–Crippen LogP) is 1.53. The number of rotatable bonds is 4. The summed E-state index contributed by atoms with van der Waals surface area (Å²) in [6.07, 6.45) is -6.41. The average molecular weight is 500 g/mol. The van der Waals surface area contributed by atoms with Gasteiger partial charge in [0.05, 0.1) is 17.2 Å². The van der Waals surface area contributed by atoms with Crippen LogP contribution in [0.5, 0.6) is 17.2 Å². The van der Waals surface area contributed by atoms with Gasteiger partial charge in [-0.3, -0.25) is 19.2 Å². The van der Waals surface area contributed by atoms with Crippen LogP contribution in [0.3, 0.4) is 0 Å². The van der Waals surface area contributed by atoms with Gasteiger partial charge in [0.1, 0.15) is 23.4 Å². The van der Waals surface area contributed by atoms with Crippen LogP contribution >= 0.6 is 0 Å². The Morgan fingerprint density at radius 1 is 0.861 bits per heavy atom. The number of esters is 2. The number of carbonyl (C=O) groups excluding carboxylic acids is 4. The number of phenols is 2. The zero-order valence-corrected chi connectivity index (χ0v) is 19.8. The number of aryl methyl sites for hydroxylation is 1. The Labute approximate surface area is 205 Å². The van der Waals surface area contributed by atoms with Gasteiger partial charge in [-0.2, -0.15) is 0 Å². The van der Waals surface area contributed by atoms with Gasteiger partial charge in [-0.05, 0) is 37.6 Å². The first kappa shape index (κ1) is 25.1. The van der Waals surface area contributed by atoms with Crippen molar-refractivity contribution in [1.82, 2.24) is 0 Å². The smallest absolute Gasteiger partial charge is 0.303 e. The molecule has 11 nitrogen and oxygen atoms in total. The van der Waals surface area contributed by atoms with Crippen LogP contribution in [0, 0.1) is 6.92 Å². The second-order valence-electron chi connectivity index (χ2n) is 8.70. The SMILES string of the molecule is CC(=O)O[C@@H]1[C@@H](O)[C@@H](OC(C)=O)[C@H](Oc2cc(O)c3c(c2)C(=O)c2cc(C)cc(O)c2C3=O)O[C@H]1C. The summed E-state index contributed by atoms with van der Waals surface area (Å²) in [5, 5.41) is 31.6. The fourth-order valence-electron chi connectivity index (χ4n) is 4.44. The quantitative estimate of drug-likeness (QED) is 0.445. The summed E-state index contributed by atoms with van der Waals surface area (Å²) < 4.78 is 21.7. The molecule has 4 rings (SSSR count). The summed E-state index contributed by atoms with van der Waals surface area (Å²) in [4.78, 5) is 49.3. The van der Waals surface area contributed by atoms with Crippen LogP contribution in [0.25, 0.3) is 0 Å². The Bertz CT molecular complexity index is 1280. The van der Waals surface area contributed by atoms with Crippen LogP contribution in [0.1, 0.15) is 58.2 Å². The molecule has 2 aromatic rings. The van der Waals surface area contributed by atoms with Crippen molar-refractivity contribution in [1.29, 1.82) is 0 Å². The molecule has 3 N–H and O–H groups in total. The second kappa shape index (κ2) is 9.25. The molecule has 0 saturated carbocycles. The molecular weight excluding hydrogens is 476 g/mol. The molecule has 0 bridgehead atoms. The fourth-order valence-corrected chi connectivity index (χ4v) is 4.44. The normalized spacial score (nSPS) is 25.0. The molecule has 0 radical (unpaired) electrons. The van der Waals surface area contributed by atoms with Crippen molar-refractivity contribution in [2.75, 3.05) is 0 Å². The summed E-state index contributed by atoms with van der Waals surface area (Å²) in [7, 11) is 0. The van der Waals surface area contributed by atoms with E-state index < -0.39 is 60.0 Å². The van der Waals surface area contributed by atoms with Crippen molar-refractivity contribution in [3.63, 3.8) is 0 Å². The Balaban J connectivity index is 1.70.